The first-order valence-corrected chi connectivity index (χ1v) is 2.18. The van der Waals surface area contributed by atoms with Gasteiger partial charge in [-0.05, 0) is 0 Å². The first kappa shape index (κ1) is 15.8. The fourth-order valence-electron chi connectivity index (χ4n) is 0. The molecule has 0 aliphatic heterocycles. The quantitative estimate of drug-likeness (QED) is 0.434. The van der Waals surface area contributed by atoms with E-state index >= 15 is 0 Å². The summed E-state index contributed by atoms with van der Waals surface area (Å²) < 4.78 is 0. The first-order chi connectivity index (χ1) is 3.27. The summed E-state index contributed by atoms with van der Waals surface area (Å²) in [6.45, 7) is 15.3. The standard InChI is InChI=1S/C5H7.C2H5.Y/c1-4-5(2)3;1-2;/h1,4H,2H2,3H3;1H2,2H3;/q2*-1;. The van der Waals surface area contributed by atoms with Crippen molar-refractivity contribution in [3.05, 3.63) is 31.7 Å². The van der Waals surface area contributed by atoms with Crippen molar-refractivity contribution in [3.63, 3.8) is 0 Å². The molecule has 0 fully saturated rings. The molecular weight excluding hydrogens is 173 g/mol. The molecule has 0 saturated heterocycles. The molecule has 0 aliphatic carbocycles. The maximum atomic E-state index is 4.95. The van der Waals surface area contributed by atoms with Crippen LogP contribution in [0.25, 0.3) is 0 Å². The minimum Gasteiger partial charge on any atom is -0.346 e. The fraction of sp³-hybridized carbons (Fsp3) is 0.286. The van der Waals surface area contributed by atoms with E-state index in [1.54, 1.807) is 6.92 Å². The van der Waals surface area contributed by atoms with Crippen molar-refractivity contribution in [2.75, 3.05) is 0 Å². The second kappa shape index (κ2) is 15.6. The summed E-state index contributed by atoms with van der Waals surface area (Å²) in [6.07, 6.45) is 1.47. The summed E-state index contributed by atoms with van der Waals surface area (Å²) in [6, 6.07) is 0. The Morgan fingerprint density at radius 1 is 1.62 bits per heavy atom. The van der Waals surface area contributed by atoms with Crippen molar-refractivity contribution in [2.24, 2.45) is 0 Å². The van der Waals surface area contributed by atoms with Gasteiger partial charge in [-0.3, -0.25) is 6.58 Å². The number of rotatable bonds is 1. The Morgan fingerprint density at radius 2 is 1.75 bits per heavy atom. The van der Waals surface area contributed by atoms with E-state index in [1.165, 1.54) is 6.08 Å². The van der Waals surface area contributed by atoms with Crippen LogP contribution in [0.5, 0.6) is 0 Å². The first-order valence-electron chi connectivity index (χ1n) is 2.18. The zero-order valence-corrected chi connectivity index (χ0v) is 8.48. The van der Waals surface area contributed by atoms with Crippen molar-refractivity contribution < 1.29 is 32.7 Å². The molecule has 1 heteroatoms. The molecule has 0 nitrogen and oxygen atoms in total. The molecule has 8 heavy (non-hydrogen) atoms. The fourth-order valence-corrected chi connectivity index (χ4v) is 0. The Balaban J connectivity index is -0.0000000750. The van der Waals surface area contributed by atoms with Crippen molar-refractivity contribution in [2.45, 2.75) is 13.8 Å². The van der Waals surface area contributed by atoms with Crippen molar-refractivity contribution >= 4 is 0 Å². The van der Waals surface area contributed by atoms with Gasteiger partial charge in [-0.15, -0.1) is 6.92 Å². The molecular formula is C7H12Y-2. The zero-order chi connectivity index (χ0) is 6.28. The molecule has 45 valence electrons. The summed E-state index contributed by atoms with van der Waals surface area (Å²) in [4.78, 5) is 0. The summed E-state index contributed by atoms with van der Waals surface area (Å²) >= 11 is 0. The predicted octanol–water partition coefficient (Wildman–Crippen LogP) is 2.39. The minimum absolute atomic E-state index is 0. The molecule has 0 rings (SSSR count). The van der Waals surface area contributed by atoms with Gasteiger partial charge in [0.25, 0.3) is 0 Å². The van der Waals surface area contributed by atoms with Crippen molar-refractivity contribution in [1.29, 1.82) is 0 Å². The molecule has 0 atom stereocenters. The average Bonchev–Trinajstić information content (AvgIpc) is 1.73. The van der Waals surface area contributed by atoms with Crippen molar-refractivity contribution in [1.82, 2.24) is 0 Å². The van der Waals surface area contributed by atoms with Gasteiger partial charge >= 0.3 is 0 Å². The van der Waals surface area contributed by atoms with Gasteiger partial charge < -0.3 is 6.92 Å². The van der Waals surface area contributed by atoms with Crippen LogP contribution in [0.15, 0.2) is 18.2 Å². The Hall–Kier alpha value is 0.584. The Bertz CT molecular complexity index is 55.4. The van der Waals surface area contributed by atoms with Crippen LogP contribution in [0.2, 0.25) is 0 Å². The van der Waals surface area contributed by atoms with Crippen LogP contribution < -0.4 is 0 Å². The molecule has 0 N–H and O–H groups in total. The molecule has 0 aliphatic rings. The second-order valence-electron chi connectivity index (χ2n) is 1.01. The molecule has 0 bridgehead atoms. The molecule has 1 radical (unpaired) electrons. The number of allylic oxidation sites excluding steroid dienone is 2. The van der Waals surface area contributed by atoms with Gasteiger partial charge in [0.05, 0.1) is 0 Å². The van der Waals surface area contributed by atoms with Gasteiger partial charge in [-0.2, -0.15) is 13.5 Å². The van der Waals surface area contributed by atoms with Gasteiger partial charge in [0.15, 0.2) is 0 Å². The van der Waals surface area contributed by atoms with Gasteiger partial charge in [-0.25, -0.2) is 11.6 Å². The SMILES string of the molecule is [CH-]=CC(=C)C.[CH2-]C.[Y]. The van der Waals surface area contributed by atoms with Gasteiger partial charge in [0.1, 0.15) is 0 Å². The summed E-state index contributed by atoms with van der Waals surface area (Å²) in [5.74, 6) is 0. The third-order valence-electron chi connectivity index (χ3n) is 0.285. The molecule has 0 heterocycles. The smallest absolute Gasteiger partial charge is 0 e. The maximum absolute atomic E-state index is 4.95. The van der Waals surface area contributed by atoms with Crippen LogP contribution in [0.3, 0.4) is 0 Å². The number of hydrogen-bond acceptors (Lipinski definition) is 0. The van der Waals surface area contributed by atoms with Gasteiger partial charge in [-0.1, -0.05) is 0 Å². The minimum atomic E-state index is 0. The molecule has 0 spiro atoms. The average molecular weight is 185 g/mol. The van der Waals surface area contributed by atoms with Gasteiger partial charge in [0.2, 0.25) is 0 Å². The Morgan fingerprint density at radius 3 is 1.75 bits per heavy atom. The largest absolute Gasteiger partial charge is 0.346 e. The maximum Gasteiger partial charge on any atom is 0 e. The van der Waals surface area contributed by atoms with Crippen LogP contribution in [0, 0.1) is 13.5 Å². The molecule has 0 unspecified atom stereocenters. The number of hydrogen-bond donors (Lipinski definition) is 0. The Kier molecular flexibility index (Phi) is 31.0. The van der Waals surface area contributed by atoms with Crippen LogP contribution in [0.1, 0.15) is 13.8 Å². The molecule has 0 aromatic heterocycles. The van der Waals surface area contributed by atoms with E-state index in [9.17, 15) is 0 Å². The zero-order valence-electron chi connectivity index (χ0n) is 5.65. The van der Waals surface area contributed by atoms with Crippen LogP contribution >= 0.6 is 0 Å². The normalized spacial score (nSPS) is 4.88. The van der Waals surface area contributed by atoms with E-state index in [1.807, 2.05) is 6.92 Å². The van der Waals surface area contributed by atoms with Crippen LogP contribution in [-0.2, 0) is 32.7 Å². The van der Waals surface area contributed by atoms with E-state index in [-0.39, 0.29) is 32.7 Å². The molecule has 0 amide bonds. The summed E-state index contributed by atoms with van der Waals surface area (Å²) in [5, 5.41) is 0. The van der Waals surface area contributed by atoms with E-state index in [4.69, 9.17) is 6.58 Å². The predicted molar refractivity (Wildman–Crippen MR) is 34.7 cm³/mol. The van der Waals surface area contributed by atoms with E-state index < -0.39 is 0 Å². The van der Waals surface area contributed by atoms with Crippen LogP contribution in [0.4, 0.5) is 0 Å². The van der Waals surface area contributed by atoms with E-state index in [0.717, 1.165) is 5.57 Å². The molecule has 0 saturated carbocycles. The summed E-state index contributed by atoms with van der Waals surface area (Å²) in [7, 11) is 0. The topological polar surface area (TPSA) is 0 Å². The molecule has 0 aromatic carbocycles. The van der Waals surface area contributed by atoms with Crippen LogP contribution in [-0.4, -0.2) is 0 Å². The third kappa shape index (κ3) is 30.7. The van der Waals surface area contributed by atoms with E-state index in [2.05, 4.69) is 13.5 Å². The summed E-state index contributed by atoms with van der Waals surface area (Å²) in [5.41, 5.74) is 0.907. The third-order valence-corrected chi connectivity index (χ3v) is 0.285. The van der Waals surface area contributed by atoms with Crippen molar-refractivity contribution in [3.8, 4) is 0 Å². The second-order valence-corrected chi connectivity index (χ2v) is 1.01. The van der Waals surface area contributed by atoms with Gasteiger partial charge in [0, 0.05) is 32.7 Å². The van der Waals surface area contributed by atoms with E-state index in [0.29, 0.717) is 0 Å². The monoisotopic (exact) mass is 185 g/mol. The molecule has 0 aromatic rings. The Labute approximate surface area is 77.9 Å².